The van der Waals surface area contributed by atoms with Crippen LogP contribution in [0, 0.1) is 0 Å². The summed E-state index contributed by atoms with van der Waals surface area (Å²) in [7, 11) is 1.56. The molecule has 0 saturated carbocycles. The monoisotopic (exact) mass is 295 g/mol. The molecule has 1 aromatic heterocycles. The summed E-state index contributed by atoms with van der Waals surface area (Å²) in [5, 5.41) is 13.3. The fraction of sp³-hybridized carbons (Fsp3) is 0.333. The van der Waals surface area contributed by atoms with Gasteiger partial charge in [0.25, 0.3) is 0 Å². The fourth-order valence-electron chi connectivity index (χ4n) is 1.86. The molecule has 2 rings (SSSR count). The highest BCUT2D eigenvalue weighted by molar-refractivity contribution is 6.30. The highest BCUT2D eigenvalue weighted by Crippen LogP contribution is 2.23. The Bertz CT molecular complexity index is 524. The summed E-state index contributed by atoms with van der Waals surface area (Å²) in [5.74, 6) is 1.62. The maximum absolute atomic E-state index is 9.51. The first-order chi connectivity index (χ1) is 9.69. The Labute approximate surface area is 123 Å². The lowest BCUT2D eigenvalue weighted by molar-refractivity contribution is 0.0641. The number of benzene rings is 1. The molecule has 0 aliphatic rings. The molecular formula is C15H18ClNO3. The Morgan fingerprint density at radius 3 is 2.70 bits per heavy atom. The minimum Gasteiger partial charge on any atom is -0.460 e. The van der Waals surface area contributed by atoms with Crippen LogP contribution in [-0.4, -0.2) is 31.5 Å². The van der Waals surface area contributed by atoms with Crippen molar-refractivity contribution in [2.24, 2.45) is 0 Å². The van der Waals surface area contributed by atoms with Crippen LogP contribution < -0.4 is 5.32 Å². The van der Waals surface area contributed by atoms with Gasteiger partial charge in [0.1, 0.15) is 11.5 Å². The molecule has 0 bridgehead atoms. The normalized spacial score (nSPS) is 12.6. The van der Waals surface area contributed by atoms with E-state index in [1.807, 2.05) is 36.4 Å². The molecule has 4 nitrogen and oxygen atoms in total. The third-order valence-corrected chi connectivity index (χ3v) is 3.08. The van der Waals surface area contributed by atoms with Crippen LogP contribution in [0.3, 0.4) is 0 Å². The molecule has 1 atom stereocenters. The topological polar surface area (TPSA) is 54.6 Å². The predicted octanol–water partition coefficient (Wildman–Crippen LogP) is 2.70. The summed E-state index contributed by atoms with van der Waals surface area (Å²) in [6.07, 6.45) is -0.509. The second-order valence-corrected chi connectivity index (χ2v) is 4.95. The van der Waals surface area contributed by atoms with Gasteiger partial charge in [-0.1, -0.05) is 11.6 Å². The summed E-state index contributed by atoms with van der Waals surface area (Å²) >= 11 is 5.85. The number of aliphatic hydroxyl groups excluding tert-OH is 1. The zero-order valence-corrected chi connectivity index (χ0v) is 12.1. The van der Waals surface area contributed by atoms with E-state index in [1.54, 1.807) is 7.11 Å². The molecule has 2 N–H and O–H groups in total. The van der Waals surface area contributed by atoms with Crippen molar-refractivity contribution in [3.05, 3.63) is 47.2 Å². The molecule has 1 unspecified atom stereocenters. The number of furan rings is 1. The van der Waals surface area contributed by atoms with Crippen LogP contribution in [0.15, 0.2) is 40.8 Å². The van der Waals surface area contributed by atoms with Gasteiger partial charge >= 0.3 is 0 Å². The molecule has 1 heterocycles. The number of hydrogen-bond donors (Lipinski definition) is 2. The maximum Gasteiger partial charge on any atom is 0.134 e. The van der Waals surface area contributed by atoms with Gasteiger partial charge in [0.05, 0.1) is 19.3 Å². The molecule has 2 aromatic rings. The van der Waals surface area contributed by atoms with Crippen LogP contribution in [0.25, 0.3) is 11.3 Å². The summed E-state index contributed by atoms with van der Waals surface area (Å²) < 4.78 is 10.6. The second kappa shape index (κ2) is 7.45. The third kappa shape index (κ3) is 4.35. The van der Waals surface area contributed by atoms with Crippen LogP contribution >= 0.6 is 11.6 Å². The first-order valence-corrected chi connectivity index (χ1v) is 6.79. The number of aliphatic hydroxyl groups is 1. The minimum absolute atomic E-state index is 0.321. The van der Waals surface area contributed by atoms with E-state index in [4.69, 9.17) is 20.8 Å². The Hall–Kier alpha value is -1.33. The summed E-state index contributed by atoms with van der Waals surface area (Å²) in [6.45, 7) is 1.35. The maximum atomic E-state index is 9.51. The second-order valence-electron chi connectivity index (χ2n) is 4.51. The van der Waals surface area contributed by atoms with Crippen molar-refractivity contribution in [1.29, 1.82) is 0 Å². The minimum atomic E-state index is -0.509. The fourth-order valence-corrected chi connectivity index (χ4v) is 1.98. The van der Waals surface area contributed by atoms with E-state index < -0.39 is 6.10 Å². The van der Waals surface area contributed by atoms with Crippen molar-refractivity contribution in [1.82, 2.24) is 5.32 Å². The molecule has 0 spiro atoms. The lowest BCUT2D eigenvalue weighted by Crippen LogP contribution is -2.29. The molecule has 0 radical (unpaired) electrons. The molecule has 1 aromatic carbocycles. The van der Waals surface area contributed by atoms with Gasteiger partial charge in [0, 0.05) is 24.2 Å². The highest BCUT2D eigenvalue weighted by Gasteiger charge is 2.06. The van der Waals surface area contributed by atoms with E-state index in [9.17, 15) is 5.11 Å². The van der Waals surface area contributed by atoms with Crippen LogP contribution in [0.2, 0.25) is 5.02 Å². The van der Waals surface area contributed by atoms with E-state index in [-0.39, 0.29) is 0 Å². The van der Waals surface area contributed by atoms with Gasteiger partial charge in [0.2, 0.25) is 0 Å². The average molecular weight is 296 g/mol. The van der Waals surface area contributed by atoms with E-state index in [2.05, 4.69) is 5.32 Å². The molecule has 5 heteroatoms. The standard InChI is InChI=1S/C15H18ClNO3/c1-19-10-13(18)8-17-9-14-6-7-15(20-14)11-2-4-12(16)5-3-11/h2-7,13,17-18H,8-10H2,1H3. The lowest BCUT2D eigenvalue weighted by Gasteiger charge is -2.09. The zero-order valence-electron chi connectivity index (χ0n) is 11.3. The average Bonchev–Trinajstić information content (AvgIpc) is 2.89. The van der Waals surface area contributed by atoms with Crippen LogP contribution in [0.1, 0.15) is 5.76 Å². The van der Waals surface area contributed by atoms with E-state index in [0.29, 0.717) is 24.7 Å². The quantitative estimate of drug-likeness (QED) is 0.824. The molecule has 0 saturated heterocycles. The zero-order chi connectivity index (χ0) is 14.4. The van der Waals surface area contributed by atoms with Crippen molar-refractivity contribution in [3.63, 3.8) is 0 Å². The van der Waals surface area contributed by atoms with Crippen LogP contribution in [-0.2, 0) is 11.3 Å². The van der Waals surface area contributed by atoms with Gasteiger partial charge in [-0.3, -0.25) is 0 Å². The van der Waals surface area contributed by atoms with Gasteiger partial charge in [-0.15, -0.1) is 0 Å². The van der Waals surface area contributed by atoms with Crippen molar-refractivity contribution >= 4 is 11.6 Å². The molecule has 108 valence electrons. The van der Waals surface area contributed by atoms with Gasteiger partial charge < -0.3 is 19.6 Å². The Morgan fingerprint density at radius 1 is 1.25 bits per heavy atom. The number of methoxy groups -OCH3 is 1. The predicted molar refractivity (Wildman–Crippen MR) is 78.7 cm³/mol. The van der Waals surface area contributed by atoms with Crippen molar-refractivity contribution in [2.75, 3.05) is 20.3 Å². The summed E-state index contributed by atoms with van der Waals surface area (Å²) in [6, 6.07) is 11.3. The van der Waals surface area contributed by atoms with Gasteiger partial charge in [0.15, 0.2) is 0 Å². The largest absolute Gasteiger partial charge is 0.460 e. The van der Waals surface area contributed by atoms with Gasteiger partial charge in [-0.2, -0.15) is 0 Å². The third-order valence-electron chi connectivity index (χ3n) is 2.83. The van der Waals surface area contributed by atoms with E-state index in [1.165, 1.54) is 0 Å². The van der Waals surface area contributed by atoms with Gasteiger partial charge in [-0.05, 0) is 36.4 Å². The number of ether oxygens (including phenoxy) is 1. The summed E-state index contributed by atoms with van der Waals surface area (Å²) in [4.78, 5) is 0. The molecule has 20 heavy (non-hydrogen) atoms. The van der Waals surface area contributed by atoms with Crippen LogP contribution in [0.5, 0.6) is 0 Å². The molecule has 0 amide bonds. The first-order valence-electron chi connectivity index (χ1n) is 6.41. The Balaban J connectivity index is 1.87. The smallest absolute Gasteiger partial charge is 0.134 e. The van der Waals surface area contributed by atoms with Crippen molar-refractivity contribution < 1.29 is 14.3 Å². The number of hydrogen-bond acceptors (Lipinski definition) is 4. The van der Waals surface area contributed by atoms with Crippen LogP contribution in [0.4, 0.5) is 0 Å². The van der Waals surface area contributed by atoms with Crippen molar-refractivity contribution in [2.45, 2.75) is 12.6 Å². The Morgan fingerprint density at radius 2 is 2.00 bits per heavy atom. The highest BCUT2D eigenvalue weighted by atomic mass is 35.5. The van der Waals surface area contributed by atoms with Gasteiger partial charge in [-0.25, -0.2) is 0 Å². The molecule has 0 fully saturated rings. The summed E-state index contributed by atoms with van der Waals surface area (Å²) in [5.41, 5.74) is 0.986. The molecular weight excluding hydrogens is 278 g/mol. The van der Waals surface area contributed by atoms with Crippen molar-refractivity contribution in [3.8, 4) is 11.3 Å². The SMILES string of the molecule is COCC(O)CNCc1ccc(-c2ccc(Cl)cc2)o1. The number of rotatable bonds is 7. The molecule has 0 aliphatic heterocycles. The lowest BCUT2D eigenvalue weighted by atomic mass is 10.2. The van der Waals surface area contributed by atoms with E-state index in [0.717, 1.165) is 17.1 Å². The number of halogens is 1. The Kier molecular flexibility index (Phi) is 5.61. The number of nitrogens with one attached hydrogen (secondary N) is 1. The molecule has 0 aliphatic carbocycles. The first kappa shape index (κ1) is 15.1. The van der Waals surface area contributed by atoms with E-state index >= 15 is 0 Å².